The van der Waals surface area contributed by atoms with Crippen LogP contribution in [-0.2, 0) is 11.3 Å². The zero-order chi connectivity index (χ0) is 21.1. The quantitative estimate of drug-likeness (QED) is 0.524. The van der Waals surface area contributed by atoms with E-state index in [-0.39, 0.29) is 12.5 Å². The van der Waals surface area contributed by atoms with Crippen molar-refractivity contribution in [2.45, 2.75) is 13.5 Å². The van der Waals surface area contributed by atoms with Gasteiger partial charge in [-0.3, -0.25) is 4.79 Å². The first-order valence-corrected chi connectivity index (χ1v) is 9.63. The van der Waals surface area contributed by atoms with E-state index in [4.69, 9.17) is 4.52 Å². The molecule has 0 aliphatic carbocycles. The normalized spacial score (nSPS) is 10.8. The summed E-state index contributed by atoms with van der Waals surface area (Å²) in [5, 5.41) is 6.99. The summed E-state index contributed by atoms with van der Waals surface area (Å²) in [4.78, 5) is 19.0. The van der Waals surface area contributed by atoms with E-state index in [0.29, 0.717) is 17.4 Å². The zero-order valence-corrected chi connectivity index (χ0v) is 17.2. The third-order valence-electron chi connectivity index (χ3n) is 4.77. The maximum atomic E-state index is 12.5. The van der Waals surface area contributed by atoms with Crippen LogP contribution in [0.4, 0.5) is 11.4 Å². The molecule has 0 aliphatic heterocycles. The number of hydrogen-bond acceptors (Lipinski definition) is 5. The molecule has 0 unspecified atom stereocenters. The Labute approximate surface area is 175 Å². The highest BCUT2D eigenvalue weighted by molar-refractivity contribution is 5.91. The Morgan fingerprint density at radius 3 is 2.50 bits per heavy atom. The predicted octanol–water partition coefficient (Wildman–Crippen LogP) is 4.22. The number of anilines is 2. The van der Waals surface area contributed by atoms with Crippen molar-refractivity contribution in [1.29, 1.82) is 0 Å². The van der Waals surface area contributed by atoms with Gasteiger partial charge in [-0.15, -0.1) is 0 Å². The maximum absolute atomic E-state index is 12.5. The second-order valence-electron chi connectivity index (χ2n) is 7.30. The molecule has 0 bridgehead atoms. The van der Waals surface area contributed by atoms with Gasteiger partial charge < -0.3 is 19.3 Å². The van der Waals surface area contributed by atoms with Crippen molar-refractivity contribution in [3.8, 4) is 23.0 Å². The average molecular weight is 401 g/mol. The third kappa shape index (κ3) is 4.25. The summed E-state index contributed by atoms with van der Waals surface area (Å²) in [6.45, 7) is 2.17. The Kier molecular flexibility index (Phi) is 5.34. The van der Waals surface area contributed by atoms with Gasteiger partial charge in [-0.25, -0.2) is 0 Å². The summed E-state index contributed by atoms with van der Waals surface area (Å²) in [7, 11) is 3.95. The molecule has 2 aromatic carbocycles. The van der Waals surface area contributed by atoms with Crippen LogP contribution in [0.2, 0.25) is 0 Å². The Morgan fingerprint density at radius 2 is 1.80 bits per heavy atom. The summed E-state index contributed by atoms with van der Waals surface area (Å²) in [5.74, 6) is 0.755. The lowest BCUT2D eigenvalue weighted by Crippen LogP contribution is -2.19. The Bertz CT molecular complexity index is 1140. The van der Waals surface area contributed by atoms with E-state index in [9.17, 15) is 4.79 Å². The first-order chi connectivity index (χ1) is 14.5. The molecule has 0 spiro atoms. The fraction of sp³-hybridized carbons (Fsp3) is 0.174. The first kappa shape index (κ1) is 19.4. The van der Waals surface area contributed by atoms with Crippen LogP contribution in [0.5, 0.6) is 0 Å². The molecule has 0 atom stereocenters. The van der Waals surface area contributed by atoms with E-state index < -0.39 is 0 Å². The van der Waals surface area contributed by atoms with Crippen molar-refractivity contribution in [3.63, 3.8) is 0 Å². The van der Waals surface area contributed by atoms with Gasteiger partial charge in [0.15, 0.2) is 0 Å². The molecule has 4 aromatic rings. The number of aryl methyl sites for hydroxylation is 1. The number of benzene rings is 2. The average Bonchev–Trinajstić information content (AvgIpc) is 3.38. The molecule has 0 saturated heterocycles. The van der Waals surface area contributed by atoms with Gasteiger partial charge in [0, 0.05) is 37.2 Å². The second-order valence-corrected chi connectivity index (χ2v) is 7.30. The lowest BCUT2D eigenvalue weighted by Gasteiger charge is -2.13. The molecule has 7 heteroatoms. The Morgan fingerprint density at radius 1 is 1.07 bits per heavy atom. The smallest absolute Gasteiger partial charge is 0.274 e. The number of carbonyl (C=O) groups is 1. The van der Waals surface area contributed by atoms with Crippen LogP contribution < -0.4 is 10.2 Å². The minimum atomic E-state index is -0.136. The van der Waals surface area contributed by atoms with E-state index in [1.807, 2.05) is 92.8 Å². The number of amides is 1. The zero-order valence-electron chi connectivity index (χ0n) is 17.2. The largest absolute Gasteiger partial charge is 0.378 e. The number of nitrogens with zero attached hydrogens (tertiary/aromatic N) is 4. The summed E-state index contributed by atoms with van der Waals surface area (Å²) < 4.78 is 7.24. The van der Waals surface area contributed by atoms with Gasteiger partial charge in [0.2, 0.25) is 11.7 Å². The summed E-state index contributed by atoms with van der Waals surface area (Å²) in [6, 6.07) is 19.3. The molecule has 7 nitrogen and oxygen atoms in total. The predicted molar refractivity (Wildman–Crippen MR) is 117 cm³/mol. The van der Waals surface area contributed by atoms with Gasteiger partial charge in [-0.05, 0) is 43.3 Å². The van der Waals surface area contributed by atoms with Gasteiger partial charge in [0.25, 0.3) is 5.89 Å². The molecule has 0 fully saturated rings. The molecule has 1 amide bonds. The second kappa shape index (κ2) is 8.24. The molecule has 0 aliphatic rings. The minimum absolute atomic E-state index is 0.136. The van der Waals surface area contributed by atoms with Gasteiger partial charge in [0.05, 0.1) is 0 Å². The highest BCUT2D eigenvalue weighted by atomic mass is 16.5. The van der Waals surface area contributed by atoms with Crippen molar-refractivity contribution in [2.24, 2.45) is 0 Å². The van der Waals surface area contributed by atoms with Gasteiger partial charge >= 0.3 is 0 Å². The molecule has 0 saturated carbocycles. The number of hydrogen-bond donors (Lipinski definition) is 1. The number of nitrogens with one attached hydrogen (secondary N) is 1. The SMILES string of the molecule is Cc1ccc(-c2noc(-c3cccn3CC(=O)Nc3ccc(N(C)C)cc3)n2)cc1. The van der Waals surface area contributed by atoms with Crippen LogP contribution in [0.25, 0.3) is 23.0 Å². The molecule has 4 rings (SSSR count). The van der Waals surface area contributed by atoms with E-state index >= 15 is 0 Å². The van der Waals surface area contributed by atoms with E-state index in [0.717, 1.165) is 16.9 Å². The van der Waals surface area contributed by atoms with Crippen molar-refractivity contribution in [2.75, 3.05) is 24.3 Å². The minimum Gasteiger partial charge on any atom is -0.378 e. The number of rotatable bonds is 6. The Hall–Kier alpha value is -3.87. The number of aromatic nitrogens is 3. The third-order valence-corrected chi connectivity index (χ3v) is 4.77. The molecule has 30 heavy (non-hydrogen) atoms. The molecule has 2 heterocycles. The van der Waals surface area contributed by atoms with Crippen molar-refractivity contribution >= 4 is 17.3 Å². The van der Waals surface area contributed by atoms with Crippen LogP contribution in [0.15, 0.2) is 71.4 Å². The van der Waals surface area contributed by atoms with E-state index in [1.54, 1.807) is 4.57 Å². The van der Waals surface area contributed by atoms with Crippen LogP contribution >= 0.6 is 0 Å². The van der Waals surface area contributed by atoms with Crippen LogP contribution in [-0.4, -0.2) is 34.7 Å². The summed E-state index contributed by atoms with van der Waals surface area (Å²) in [6.07, 6.45) is 1.82. The fourth-order valence-corrected chi connectivity index (χ4v) is 3.09. The van der Waals surface area contributed by atoms with Crippen LogP contribution in [0.1, 0.15) is 5.56 Å². The van der Waals surface area contributed by atoms with Crippen molar-refractivity contribution in [3.05, 3.63) is 72.4 Å². The lowest BCUT2D eigenvalue weighted by molar-refractivity contribution is -0.116. The molecule has 2 aromatic heterocycles. The van der Waals surface area contributed by atoms with Crippen molar-refractivity contribution < 1.29 is 9.32 Å². The molecule has 152 valence electrons. The summed E-state index contributed by atoms with van der Waals surface area (Å²) >= 11 is 0. The summed E-state index contributed by atoms with van der Waals surface area (Å²) in [5.41, 5.74) is 4.56. The van der Waals surface area contributed by atoms with Crippen LogP contribution in [0, 0.1) is 6.92 Å². The monoisotopic (exact) mass is 401 g/mol. The van der Waals surface area contributed by atoms with E-state index in [2.05, 4.69) is 15.5 Å². The van der Waals surface area contributed by atoms with Gasteiger partial charge in [0.1, 0.15) is 12.2 Å². The molecular weight excluding hydrogens is 378 g/mol. The molecular formula is C23H23N5O2. The Balaban J connectivity index is 1.47. The van der Waals surface area contributed by atoms with E-state index in [1.165, 1.54) is 5.56 Å². The van der Waals surface area contributed by atoms with Crippen LogP contribution in [0.3, 0.4) is 0 Å². The fourth-order valence-electron chi connectivity index (χ4n) is 3.09. The topological polar surface area (TPSA) is 76.2 Å². The van der Waals surface area contributed by atoms with Gasteiger partial charge in [-0.2, -0.15) is 4.98 Å². The molecule has 0 radical (unpaired) electrons. The standard InChI is InChI=1S/C23H23N5O2/c1-16-6-8-17(9-7-16)22-25-23(30-26-22)20-5-4-14-28(20)15-21(29)24-18-10-12-19(13-11-18)27(2)3/h4-14H,15H2,1-3H3,(H,24,29). The first-order valence-electron chi connectivity index (χ1n) is 9.63. The van der Waals surface area contributed by atoms with Gasteiger partial charge in [-0.1, -0.05) is 35.0 Å². The highest BCUT2D eigenvalue weighted by Crippen LogP contribution is 2.23. The molecule has 1 N–H and O–H groups in total. The highest BCUT2D eigenvalue weighted by Gasteiger charge is 2.15. The van der Waals surface area contributed by atoms with Crippen molar-refractivity contribution in [1.82, 2.24) is 14.7 Å². The number of carbonyl (C=O) groups excluding carboxylic acids is 1. The maximum Gasteiger partial charge on any atom is 0.274 e. The lowest BCUT2D eigenvalue weighted by atomic mass is 10.1.